The number of carboxylic acids is 1. The third-order valence-corrected chi connectivity index (χ3v) is 3.13. The molecule has 0 bridgehead atoms. The van der Waals surface area contributed by atoms with Crippen molar-refractivity contribution >= 4 is 29.2 Å². The van der Waals surface area contributed by atoms with Crippen LogP contribution in [0.4, 0.5) is 0 Å². The van der Waals surface area contributed by atoms with E-state index in [0.29, 0.717) is 16.5 Å². The molecule has 80 valence electrons. The summed E-state index contributed by atoms with van der Waals surface area (Å²) in [6, 6.07) is 5.01. The lowest BCUT2D eigenvalue weighted by atomic mass is 10.1. The fraction of sp³-hybridized carbons (Fsp3) is 0.300. The smallest absolute Gasteiger partial charge is 0.324 e. The highest BCUT2D eigenvalue weighted by atomic mass is 35.5. The molecule has 2 atom stereocenters. The normalized spacial score (nSPS) is 28.9. The third kappa shape index (κ3) is 1.83. The van der Waals surface area contributed by atoms with Gasteiger partial charge in [-0.3, -0.25) is 4.79 Å². The van der Waals surface area contributed by atoms with Crippen LogP contribution in [0.2, 0.25) is 10.0 Å². The lowest BCUT2D eigenvalue weighted by molar-refractivity contribution is -0.139. The molecule has 5 heteroatoms. The third-order valence-electron chi connectivity index (χ3n) is 2.69. The van der Waals surface area contributed by atoms with Crippen molar-refractivity contribution in [3.8, 4) is 0 Å². The van der Waals surface area contributed by atoms with Crippen molar-refractivity contribution in [2.75, 3.05) is 0 Å². The number of carbonyl (C=O) groups is 1. The lowest BCUT2D eigenvalue weighted by Gasteiger charge is -2.06. The minimum absolute atomic E-state index is 0.189. The maximum atomic E-state index is 10.8. The zero-order valence-electron chi connectivity index (χ0n) is 7.71. The summed E-state index contributed by atoms with van der Waals surface area (Å²) in [4.78, 5) is 10.8. The van der Waals surface area contributed by atoms with Crippen LogP contribution in [0.3, 0.4) is 0 Å². The van der Waals surface area contributed by atoms with E-state index in [4.69, 9.17) is 34.0 Å². The molecule has 1 aromatic carbocycles. The summed E-state index contributed by atoms with van der Waals surface area (Å²) < 4.78 is 0. The summed E-state index contributed by atoms with van der Waals surface area (Å²) in [5.74, 6) is -1.17. The van der Waals surface area contributed by atoms with Gasteiger partial charge in [-0.2, -0.15) is 0 Å². The number of benzene rings is 1. The summed E-state index contributed by atoms with van der Waals surface area (Å²) in [6.45, 7) is 0. The number of nitrogens with two attached hydrogens (primary N) is 1. The van der Waals surface area contributed by atoms with Crippen LogP contribution in [-0.2, 0) is 4.79 Å². The molecule has 0 saturated heterocycles. The summed E-state index contributed by atoms with van der Waals surface area (Å²) in [5, 5.41) is 9.89. The number of hydrogen-bond donors (Lipinski definition) is 2. The molecule has 1 fully saturated rings. The fourth-order valence-corrected chi connectivity index (χ4v) is 2.25. The molecule has 15 heavy (non-hydrogen) atoms. The highest BCUT2D eigenvalue weighted by molar-refractivity contribution is 6.34. The van der Waals surface area contributed by atoms with Crippen LogP contribution in [0.15, 0.2) is 18.2 Å². The summed E-state index contributed by atoms with van der Waals surface area (Å²) in [5.41, 5.74) is 5.32. The van der Waals surface area contributed by atoms with Gasteiger partial charge in [-0.05, 0) is 30.2 Å². The Labute approximate surface area is 96.8 Å². The van der Waals surface area contributed by atoms with Crippen molar-refractivity contribution in [1.29, 1.82) is 0 Å². The molecule has 0 amide bonds. The van der Waals surface area contributed by atoms with Crippen LogP contribution >= 0.6 is 23.2 Å². The molecule has 0 aliphatic heterocycles. The molecule has 3 nitrogen and oxygen atoms in total. The summed E-state index contributed by atoms with van der Waals surface area (Å²) in [6.07, 6.45) is 0.430. The molecule has 0 heterocycles. The Bertz CT molecular complexity index is 415. The molecule has 1 saturated carbocycles. The van der Waals surface area contributed by atoms with E-state index in [0.717, 1.165) is 5.56 Å². The number of rotatable bonds is 2. The average molecular weight is 246 g/mol. The molecule has 0 unspecified atom stereocenters. The second kappa shape index (κ2) is 3.37. The Morgan fingerprint density at radius 3 is 2.33 bits per heavy atom. The Morgan fingerprint density at radius 2 is 1.93 bits per heavy atom. The van der Waals surface area contributed by atoms with Crippen molar-refractivity contribution in [3.63, 3.8) is 0 Å². The van der Waals surface area contributed by atoms with Gasteiger partial charge in [0, 0.05) is 16.0 Å². The van der Waals surface area contributed by atoms with E-state index in [9.17, 15) is 4.79 Å². The average Bonchev–Trinajstić information content (AvgIpc) is 2.78. The van der Waals surface area contributed by atoms with Gasteiger partial charge in [0.05, 0.1) is 0 Å². The van der Waals surface area contributed by atoms with Crippen molar-refractivity contribution in [1.82, 2.24) is 0 Å². The maximum Gasteiger partial charge on any atom is 0.324 e. The number of hydrogen-bond acceptors (Lipinski definition) is 2. The minimum Gasteiger partial charge on any atom is -0.480 e. The molecular formula is C10H9Cl2NO2. The first kappa shape index (κ1) is 10.7. The summed E-state index contributed by atoms with van der Waals surface area (Å²) in [7, 11) is 0. The Kier molecular flexibility index (Phi) is 2.41. The van der Waals surface area contributed by atoms with E-state index >= 15 is 0 Å². The summed E-state index contributed by atoms with van der Waals surface area (Å²) >= 11 is 11.6. The zero-order chi connectivity index (χ0) is 11.2. The van der Waals surface area contributed by atoms with Crippen LogP contribution in [0.25, 0.3) is 0 Å². The van der Waals surface area contributed by atoms with E-state index in [-0.39, 0.29) is 5.92 Å². The maximum absolute atomic E-state index is 10.8. The SMILES string of the molecule is N[C@@]1(C(=O)O)C[C@H]1c1cc(Cl)cc(Cl)c1. The van der Waals surface area contributed by atoms with Gasteiger partial charge in [0.25, 0.3) is 0 Å². The van der Waals surface area contributed by atoms with Gasteiger partial charge in [0.1, 0.15) is 5.54 Å². The van der Waals surface area contributed by atoms with Crippen LogP contribution in [0.5, 0.6) is 0 Å². The molecule has 0 radical (unpaired) electrons. The van der Waals surface area contributed by atoms with Gasteiger partial charge >= 0.3 is 5.97 Å². The zero-order valence-corrected chi connectivity index (χ0v) is 9.22. The lowest BCUT2D eigenvalue weighted by Crippen LogP contribution is -2.34. The Morgan fingerprint density at radius 1 is 1.40 bits per heavy atom. The molecule has 3 N–H and O–H groups in total. The molecule has 1 aliphatic carbocycles. The van der Waals surface area contributed by atoms with Gasteiger partial charge in [0.2, 0.25) is 0 Å². The highest BCUT2D eigenvalue weighted by Crippen LogP contribution is 2.50. The first-order valence-corrected chi connectivity index (χ1v) is 5.17. The first-order valence-electron chi connectivity index (χ1n) is 4.42. The standard InChI is InChI=1S/C10H9Cl2NO2/c11-6-1-5(2-7(12)3-6)8-4-10(8,13)9(14)15/h1-3,8H,4,13H2,(H,14,15)/t8-,10-/m0/s1. The van der Waals surface area contributed by atoms with Crippen molar-refractivity contribution in [3.05, 3.63) is 33.8 Å². The van der Waals surface area contributed by atoms with E-state index in [1.807, 2.05) is 0 Å². The van der Waals surface area contributed by atoms with Gasteiger partial charge in [-0.25, -0.2) is 0 Å². The fourth-order valence-electron chi connectivity index (χ4n) is 1.71. The van der Waals surface area contributed by atoms with Gasteiger partial charge in [-0.15, -0.1) is 0 Å². The Hall–Kier alpha value is -0.770. The molecular weight excluding hydrogens is 237 g/mol. The van der Waals surface area contributed by atoms with Crippen LogP contribution in [0.1, 0.15) is 17.9 Å². The van der Waals surface area contributed by atoms with Gasteiger partial charge in [-0.1, -0.05) is 23.2 Å². The molecule has 1 aromatic rings. The predicted molar refractivity (Wildman–Crippen MR) is 58.4 cm³/mol. The number of halogens is 2. The minimum atomic E-state index is -1.14. The monoisotopic (exact) mass is 245 g/mol. The molecule has 1 aliphatic rings. The first-order chi connectivity index (χ1) is 6.93. The second-order valence-electron chi connectivity index (χ2n) is 3.81. The van der Waals surface area contributed by atoms with Crippen molar-refractivity contribution < 1.29 is 9.90 Å². The van der Waals surface area contributed by atoms with Gasteiger partial charge in [0.15, 0.2) is 0 Å². The van der Waals surface area contributed by atoms with Crippen LogP contribution in [0, 0.1) is 0 Å². The second-order valence-corrected chi connectivity index (χ2v) is 4.68. The van der Waals surface area contributed by atoms with E-state index in [2.05, 4.69) is 0 Å². The van der Waals surface area contributed by atoms with Crippen molar-refractivity contribution in [2.45, 2.75) is 17.9 Å². The highest BCUT2D eigenvalue weighted by Gasteiger charge is 2.58. The van der Waals surface area contributed by atoms with E-state index < -0.39 is 11.5 Å². The quantitative estimate of drug-likeness (QED) is 0.841. The van der Waals surface area contributed by atoms with Crippen LogP contribution < -0.4 is 5.73 Å². The number of carboxylic acid groups (broad SMARTS) is 1. The number of aliphatic carboxylic acids is 1. The van der Waals surface area contributed by atoms with E-state index in [1.54, 1.807) is 18.2 Å². The molecule has 2 rings (SSSR count). The topological polar surface area (TPSA) is 63.3 Å². The molecule has 0 spiro atoms. The Balaban J connectivity index is 2.30. The largest absolute Gasteiger partial charge is 0.480 e. The van der Waals surface area contributed by atoms with Crippen LogP contribution in [-0.4, -0.2) is 16.6 Å². The van der Waals surface area contributed by atoms with Gasteiger partial charge < -0.3 is 10.8 Å². The van der Waals surface area contributed by atoms with E-state index in [1.165, 1.54) is 0 Å². The molecule has 0 aromatic heterocycles. The predicted octanol–water partition coefficient (Wildman–Crippen LogP) is 2.26. The van der Waals surface area contributed by atoms with Crippen molar-refractivity contribution in [2.24, 2.45) is 5.73 Å².